The molecule has 1 aliphatic rings. The van der Waals surface area contributed by atoms with Gasteiger partial charge in [-0.1, -0.05) is 29.8 Å². The van der Waals surface area contributed by atoms with Gasteiger partial charge in [-0.2, -0.15) is 5.10 Å². The smallest absolute Gasteiger partial charge is 0.341 e. The number of amides is 2. The van der Waals surface area contributed by atoms with Crippen molar-refractivity contribution in [2.45, 2.75) is 39.2 Å². The molecular weight excluding hydrogens is 586 g/mol. The third kappa shape index (κ3) is 6.85. The van der Waals surface area contributed by atoms with E-state index in [-0.39, 0.29) is 0 Å². The molecule has 9 nitrogen and oxygen atoms in total. The van der Waals surface area contributed by atoms with E-state index in [2.05, 4.69) is 31.8 Å². The Morgan fingerprint density at radius 1 is 1.10 bits per heavy atom. The summed E-state index contributed by atoms with van der Waals surface area (Å²) in [5, 5.41) is 6.76. The minimum atomic E-state index is -0.974. The van der Waals surface area contributed by atoms with E-state index in [1.54, 1.807) is 12.1 Å². The van der Waals surface area contributed by atoms with E-state index in [1.807, 2.05) is 31.2 Å². The van der Waals surface area contributed by atoms with Crippen molar-refractivity contribution in [1.82, 2.24) is 5.43 Å². The number of halogens is 1. The van der Waals surface area contributed by atoms with Gasteiger partial charge in [0.1, 0.15) is 11.6 Å². The highest BCUT2D eigenvalue weighted by molar-refractivity contribution is 9.10. The molecule has 11 heteroatoms. The summed E-state index contributed by atoms with van der Waals surface area (Å²) in [6.07, 6.45) is 4.91. The second-order valence-corrected chi connectivity index (χ2v) is 10.8. The van der Waals surface area contributed by atoms with Gasteiger partial charge >= 0.3 is 17.8 Å². The molecule has 0 spiro atoms. The maximum Gasteiger partial charge on any atom is 0.341 e. The molecule has 39 heavy (non-hydrogen) atoms. The van der Waals surface area contributed by atoms with Crippen LogP contribution in [0.3, 0.4) is 0 Å². The molecule has 2 amide bonds. The first-order chi connectivity index (χ1) is 18.8. The fourth-order valence-electron chi connectivity index (χ4n) is 4.26. The molecule has 1 heterocycles. The van der Waals surface area contributed by atoms with E-state index in [4.69, 9.17) is 14.2 Å². The summed E-state index contributed by atoms with van der Waals surface area (Å²) < 4.78 is 17.0. The highest BCUT2D eigenvalue weighted by atomic mass is 79.9. The SMILES string of the molecule is COC(=O)c1c(NC(=O)C(=O)N/N=C/c2cc(Br)c(OCc3cccc(C)c3)c(OC)c2)sc2c1CCCC2. The number of thiophene rings is 1. The van der Waals surface area contributed by atoms with Gasteiger partial charge in [0.2, 0.25) is 0 Å². The first-order valence-electron chi connectivity index (χ1n) is 12.2. The van der Waals surface area contributed by atoms with Crippen LogP contribution in [-0.2, 0) is 33.8 Å². The average Bonchev–Trinajstić information content (AvgIpc) is 3.29. The molecule has 0 fully saturated rings. The van der Waals surface area contributed by atoms with Crippen LogP contribution in [0.5, 0.6) is 11.5 Å². The summed E-state index contributed by atoms with van der Waals surface area (Å²) in [7, 11) is 2.82. The minimum absolute atomic E-state index is 0.313. The average molecular weight is 615 g/mol. The van der Waals surface area contributed by atoms with Crippen molar-refractivity contribution in [1.29, 1.82) is 0 Å². The number of esters is 1. The van der Waals surface area contributed by atoms with E-state index in [0.29, 0.717) is 38.7 Å². The van der Waals surface area contributed by atoms with E-state index in [0.717, 1.165) is 47.3 Å². The van der Waals surface area contributed by atoms with E-state index >= 15 is 0 Å². The van der Waals surface area contributed by atoms with E-state index in [9.17, 15) is 14.4 Å². The summed E-state index contributed by atoms with van der Waals surface area (Å²) >= 11 is 4.80. The Labute approximate surface area is 238 Å². The number of aryl methyl sites for hydroxylation is 2. The van der Waals surface area contributed by atoms with Crippen LogP contribution in [0, 0.1) is 6.92 Å². The number of fused-ring (bicyclic) bond motifs is 1. The van der Waals surface area contributed by atoms with Gasteiger partial charge in [0.05, 0.1) is 30.5 Å². The monoisotopic (exact) mass is 613 g/mol. The molecule has 2 aromatic carbocycles. The number of carbonyl (C=O) groups is 3. The van der Waals surface area contributed by atoms with Crippen molar-refractivity contribution < 1.29 is 28.6 Å². The van der Waals surface area contributed by atoms with Crippen molar-refractivity contribution in [3.63, 3.8) is 0 Å². The summed E-state index contributed by atoms with van der Waals surface area (Å²) in [5.74, 6) is -1.44. The molecule has 0 atom stereocenters. The number of anilines is 1. The molecule has 0 unspecified atom stereocenters. The predicted octanol–water partition coefficient (Wildman–Crippen LogP) is 5.16. The van der Waals surface area contributed by atoms with Crippen LogP contribution in [0.15, 0.2) is 46.0 Å². The lowest BCUT2D eigenvalue weighted by Gasteiger charge is -2.14. The van der Waals surface area contributed by atoms with Crippen LogP contribution in [0.25, 0.3) is 0 Å². The van der Waals surface area contributed by atoms with Crippen LogP contribution < -0.4 is 20.2 Å². The number of hydrogen-bond donors (Lipinski definition) is 2. The third-order valence-electron chi connectivity index (χ3n) is 6.09. The third-order valence-corrected chi connectivity index (χ3v) is 7.89. The molecular formula is C28H28BrN3O6S. The molecule has 0 saturated carbocycles. The summed E-state index contributed by atoms with van der Waals surface area (Å²) in [4.78, 5) is 38.4. The van der Waals surface area contributed by atoms with Crippen LogP contribution in [0.1, 0.15) is 50.3 Å². The van der Waals surface area contributed by atoms with Crippen molar-refractivity contribution in [2.24, 2.45) is 5.10 Å². The molecule has 0 bridgehead atoms. The highest BCUT2D eigenvalue weighted by Crippen LogP contribution is 2.39. The zero-order valence-electron chi connectivity index (χ0n) is 21.8. The molecule has 2 N–H and O–H groups in total. The lowest BCUT2D eigenvalue weighted by molar-refractivity contribution is -0.136. The van der Waals surface area contributed by atoms with E-state index < -0.39 is 17.8 Å². The Hall–Kier alpha value is -3.70. The zero-order valence-corrected chi connectivity index (χ0v) is 24.2. The Morgan fingerprint density at radius 2 is 1.90 bits per heavy atom. The van der Waals surface area contributed by atoms with Crippen LogP contribution in [0.4, 0.5) is 5.00 Å². The summed E-state index contributed by atoms with van der Waals surface area (Å²) in [5.41, 5.74) is 6.19. The van der Waals surface area contributed by atoms with Crippen molar-refractivity contribution in [3.8, 4) is 11.5 Å². The normalized spacial score (nSPS) is 12.5. The Bertz CT molecular complexity index is 1430. The van der Waals surface area contributed by atoms with Gasteiger partial charge in [-0.15, -0.1) is 11.3 Å². The number of benzene rings is 2. The van der Waals surface area contributed by atoms with Gasteiger partial charge in [0.15, 0.2) is 11.5 Å². The topological polar surface area (TPSA) is 115 Å². The molecule has 204 valence electrons. The quantitative estimate of drug-likeness (QED) is 0.157. The van der Waals surface area contributed by atoms with Gasteiger partial charge in [-0.25, -0.2) is 10.2 Å². The Kier molecular flexibility index (Phi) is 9.36. The zero-order chi connectivity index (χ0) is 27.9. The number of carbonyl (C=O) groups excluding carboxylic acids is 3. The van der Waals surface area contributed by atoms with Gasteiger partial charge in [-0.05, 0) is 77.4 Å². The maximum absolute atomic E-state index is 12.6. The highest BCUT2D eigenvalue weighted by Gasteiger charge is 2.28. The Morgan fingerprint density at radius 3 is 2.64 bits per heavy atom. The fraction of sp³-hybridized carbons (Fsp3) is 0.286. The molecule has 0 radical (unpaired) electrons. The Balaban J connectivity index is 1.40. The van der Waals surface area contributed by atoms with E-state index in [1.165, 1.54) is 31.8 Å². The molecule has 0 aliphatic heterocycles. The van der Waals surface area contributed by atoms with Crippen molar-refractivity contribution >= 4 is 56.3 Å². The molecule has 4 rings (SSSR count). The van der Waals surface area contributed by atoms with Crippen molar-refractivity contribution in [3.05, 3.63) is 73.6 Å². The molecule has 0 saturated heterocycles. The number of nitrogens with zero attached hydrogens (tertiary/aromatic N) is 1. The first kappa shape index (κ1) is 28.3. The van der Waals surface area contributed by atoms with Gasteiger partial charge in [-0.3, -0.25) is 9.59 Å². The number of methoxy groups -OCH3 is 2. The lowest BCUT2D eigenvalue weighted by atomic mass is 9.95. The minimum Gasteiger partial charge on any atom is -0.493 e. The second-order valence-electron chi connectivity index (χ2n) is 8.87. The lowest BCUT2D eigenvalue weighted by Crippen LogP contribution is -2.32. The first-order valence-corrected chi connectivity index (χ1v) is 13.8. The molecule has 3 aromatic rings. The maximum atomic E-state index is 12.6. The van der Waals surface area contributed by atoms with Gasteiger partial charge in [0, 0.05) is 4.88 Å². The van der Waals surface area contributed by atoms with Crippen LogP contribution in [-0.4, -0.2) is 38.2 Å². The molecule has 1 aromatic heterocycles. The summed E-state index contributed by atoms with van der Waals surface area (Å²) in [6.45, 7) is 2.38. The second kappa shape index (κ2) is 12.9. The van der Waals surface area contributed by atoms with Gasteiger partial charge < -0.3 is 19.5 Å². The number of rotatable bonds is 8. The number of hydrazone groups is 1. The predicted molar refractivity (Wildman–Crippen MR) is 153 cm³/mol. The number of nitrogens with one attached hydrogen (secondary N) is 2. The van der Waals surface area contributed by atoms with Crippen LogP contribution in [0.2, 0.25) is 0 Å². The number of hydrogen-bond acceptors (Lipinski definition) is 8. The molecule has 1 aliphatic carbocycles. The summed E-state index contributed by atoms with van der Waals surface area (Å²) in [6, 6.07) is 11.5. The largest absolute Gasteiger partial charge is 0.493 e. The fourth-order valence-corrected chi connectivity index (χ4v) is 6.11. The van der Waals surface area contributed by atoms with Crippen LogP contribution >= 0.6 is 27.3 Å². The van der Waals surface area contributed by atoms with Gasteiger partial charge in [0.25, 0.3) is 0 Å². The standard InChI is InChI=1S/C28H28BrN3O6S/c1-16-7-6-8-17(11-16)15-38-24-20(29)12-18(13-21(24)36-2)14-30-32-26(34)25(33)31-27-23(28(35)37-3)19-9-4-5-10-22(19)39-27/h6-8,11-14H,4-5,9-10,15H2,1-3H3,(H,31,33)(H,32,34)/b30-14+. The van der Waals surface area contributed by atoms with Crippen molar-refractivity contribution in [2.75, 3.05) is 19.5 Å². The number of ether oxygens (including phenoxy) is 3.